The molecule has 0 unspecified atom stereocenters. The summed E-state index contributed by atoms with van der Waals surface area (Å²) in [4.78, 5) is 2.77. The average Bonchev–Trinajstić information content (AvgIpc) is 2.58. The fourth-order valence-electron chi connectivity index (χ4n) is 1.49. The van der Waals surface area contributed by atoms with Crippen LogP contribution in [0.3, 0.4) is 0 Å². The molecule has 0 radical (unpaired) electrons. The van der Waals surface area contributed by atoms with Gasteiger partial charge in [0, 0.05) is 0 Å². The normalized spacial score (nSPS) is 9.94. The number of nitrogens with two attached hydrogens (primary N) is 1. The Bertz CT molecular complexity index is 589. The summed E-state index contributed by atoms with van der Waals surface area (Å²) in [6, 6.07) is 11.8. The quantitative estimate of drug-likeness (QED) is 0.776. The Morgan fingerprint density at radius 2 is 2.06 bits per heavy atom. The van der Waals surface area contributed by atoms with Crippen molar-refractivity contribution in [2.24, 2.45) is 0 Å². The first kappa shape index (κ1) is 10.5. The van der Waals surface area contributed by atoms with Crippen LogP contribution >= 0.6 is 12.2 Å². The molecular formula is C11H10N4S. The lowest BCUT2D eigenvalue weighted by Gasteiger charge is -2.04. The fraction of sp³-hybridized carbons (Fsp3) is 0.0909. The highest BCUT2D eigenvalue weighted by atomic mass is 32.1. The Balaban J connectivity index is 2.40. The summed E-state index contributed by atoms with van der Waals surface area (Å²) in [6.07, 6.45) is 0. The summed E-state index contributed by atoms with van der Waals surface area (Å²) >= 11 is 5.10. The maximum absolute atomic E-state index is 8.80. The Morgan fingerprint density at radius 1 is 1.38 bits per heavy atom. The minimum absolute atomic E-state index is 0.320. The van der Waals surface area contributed by atoms with Crippen LogP contribution in [0.2, 0.25) is 0 Å². The largest absolute Gasteiger partial charge is 0.383 e. The van der Waals surface area contributed by atoms with Crippen LogP contribution < -0.4 is 5.73 Å². The molecule has 5 heteroatoms. The molecule has 16 heavy (non-hydrogen) atoms. The minimum Gasteiger partial charge on any atom is -0.383 e. The number of imidazole rings is 1. The average molecular weight is 230 g/mol. The summed E-state index contributed by atoms with van der Waals surface area (Å²) < 4.78 is 2.18. The van der Waals surface area contributed by atoms with Crippen molar-refractivity contribution in [3.8, 4) is 6.07 Å². The van der Waals surface area contributed by atoms with E-state index in [0.717, 1.165) is 5.56 Å². The van der Waals surface area contributed by atoms with Crippen LogP contribution in [-0.2, 0) is 6.54 Å². The number of aromatic amines is 1. The zero-order valence-corrected chi connectivity index (χ0v) is 9.29. The molecule has 0 aliphatic carbocycles. The summed E-state index contributed by atoms with van der Waals surface area (Å²) in [5, 5.41) is 8.80. The summed E-state index contributed by atoms with van der Waals surface area (Å²) in [7, 11) is 0. The van der Waals surface area contributed by atoms with Crippen molar-refractivity contribution in [2.45, 2.75) is 6.54 Å². The molecule has 0 atom stereocenters. The van der Waals surface area contributed by atoms with Gasteiger partial charge in [-0.3, -0.25) is 4.57 Å². The van der Waals surface area contributed by atoms with E-state index in [9.17, 15) is 0 Å². The van der Waals surface area contributed by atoms with Crippen LogP contribution in [0.15, 0.2) is 30.3 Å². The van der Waals surface area contributed by atoms with Gasteiger partial charge in [-0.05, 0) is 17.8 Å². The Hall–Kier alpha value is -2.06. The van der Waals surface area contributed by atoms with Gasteiger partial charge in [-0.2, -0.15) is 5.26 Å². The highest BCUT2D eigenvalue weighted by molar-refractivity contribution is 7.71. The van der Waals surface area contributed by atoms with Crippen LogP contribution in [-0.4, -0.2) is 9.55 Å². The first-order valence-corrected chi connectivity index (χ1v) is 5.15. The number of hydrogen-bond donors (Lipinski definition) is 2. The van der Waals surface area contributed by atoms with E-state index in [1.807, 2.05) is 36.4 Å². The lowest BCUT2D eigenvalue weighted by molar-refractivity contribution is 0.794. The number of rotatable bonds is 2. The molecule has 2 aromatic rings. The molecule has 0 spiro atoms. The van der Waals surface area contributed by atoms with Gasteiger partial charge in [-0.1, -0.05) is 30.3 Å². The Kier molecular flexibility index (Phi) is 2.75. The van der Waals surface area contributed by atoms with Gasteiger partial charge in [0.15, 0.2) is 10.5 Å². The maximum Gasteiger partial charge on any atom is 0.180 e. The third-order valence-corrected chi connectivity index (χ3v) is 2.64. The van der Waals surface area contributed by atoms with E-state index in [4.69, 9.17) is 23.2 Å². The van der Waals surface area contributed by atoms with Gasteiger partial charge in [-0.15, -0.1) is 0 Å². The van der Waals surface area contributed by atoms with Crippen molar-refractivity contribution in [1.29, 1.82) is 5.26 Å². The Labute approximate surface area is 97.9 Å². The van der Waals surface area contributed by atoms with Gasteiger partial charge in [0.25, 0.3) is 0 Å². The van der Waals surface area contributed by atoms with Gasteiger partial charge in [-0.25, -0.2) is 0 Å². The predicted octanol–water partition coefficient (Wildman–Crippen LogP) is 2.05. The van der Waals surface area contributed by atoms with Crippen molar-refractivity contribution in [3.05, 3.63) is 46.4 Å². The van der Waals surface area contributed by atoms with Crippen LogP contribution in [0.25, 0.3) is 0 Å². The molecule has 1 aromatic carbocycles. The van der Waals surface area contributed by atoms with Crippen molar-refractivity contribution in [2.75, 3.05) is 5.73 Å². The fourth-order valence-corrected chi connectivity index (χ4v) is 1.76. The highest BCUT2D eigenvalue weighted by Gasteiger charge is 2.08. The summed E-state index contributed by atoms with van der Waals surface area (Å²) in [5.74, 6) is 0.386. The van der Waals surface area contributed by atoms with Crippen molar-refractivity contribution in [1.82, 2.24) is 9.55 Å². The molecule has 0 amide bonds. The molecule has 80 valence electrons. The van der Waals surface area contributed by atoms with E-state index in [0.29, 0.717) is 22.8 Å². The van der Waals surface area contributed by atoms with E-state index >= 15 is 0 Å². The molecule has 0 saturated carbocycles. The molecule has 1 heterocycles. The standard InChI is InChI=1S/C11H10N4S/c12-6-9-10(13)15(11(16)14-9)7-8-4-2-1-3-5-8/h1-5H,7,13H2,(H,14,16). The summed E-state index contributed by atoms with van der Waals surface area (Å²) in [5.41, 5.74) is 7.22. The van der Waals surface area contributed by atoms with Gasteiger partial charge in [0.2, 0.25) is 0 Å². The number of H-pyrrole nitrogens is 1. The molecule has 4 nitrogen and oxygen atoms in total. The number of nitrogens with zero attached hydrogens (tertiary/aromatic N) is 2. The number of aromatic nitrogens is 2. The van der Waals surface area contributed by atoms with E-state index in [1.165, 1.54) is 0 Å². The number of hydrogen-bond acceptors (Lipinski definition) is 3. The van der Waals surface area contributed by atoms with Crippen LogP contribution in [0, 0.1) is 16.1 Å². The number of nitrogens with one attached hydrogen (secondary N) is 1. The van der Waals surface area contributed by atoms with Gasteiger partial charge < -0.3 is 10.7 Å². The molecular weight excluding hydrogens is 220 g/mol. The van der Waals surface area contributed by atoms with Crippen LogP contribution in [0.4, 0.5) is 5.82 Å². The maximum atomic E-state index is 8.80. The van der Waals surface area contributed by atoms with Crippen LogP contribution in [0.5, 0.6) is 0 Å². The first-order chi connectivity index (χ1) is 7.72. The van der Waals surface area contributed by atoms with Gasteiger partial charge in [0.1, 0.15) is 11.9 Å². The number of anilines is 1. The van der Waals surface area contributed by atoms with E-state index in [2.05, 4.69) is 4.98 Å². The van der Waals surface area contributed by atoms with Crippen LogP contribution in [0.1, 0.15) is 11.3 Å². The minimum atomic E-state index is 0.320. The number of nitriles is 1. The molecule has 0 bridgehead atoms. The lowest BCUT2D eigenvalue weighted by atomic mass is 10.2. The highest BCUT2D eigenvalue weighted by Crippen LogP contribution is 2.13. The molecule has 0 aliphatic heterocycles. The third-order valence-electron chi connectivity index (χ3n) is 2.32. The second-order valence-corrected chi connectivity index (χ2v) is 3.76. The SMILES string of the molecule is N#Cc1[nH]c(=S)n(Cc2ccccc2)c1N. The molecule has 0 fully saturated rings. The molecule has 3 N–H and O–H groups in total. The van der Waals surface area contributed by atoms with Crippen molar-refractivity contribution in [3.63, 3.8) is 0 Å². The zero-order chi connectivity index (χ0) is 11.5. The number of nitrogen functional groups attached to an aromatic ring is 1. The second kappa shape index (κ2) is 4.21. The van der Waals surface area contributed by atoms with Gasteiger partial charge >= 0.3 is 0 Å². The Morgan fingerprint density at radius 3 is 2.62 bits per heavy atom. The van der Waals surface area contributed by atoms with Crippen molar-refractivity contribution >= 4 is 18.0 Å². The van der Waals surface area contributed by atoms with Gasteiger partial charge in [0.05, 0.1) is 6.54 Å². The second-order valence-electron chi connectivity index (χ2n) is 3.37. The molecule has 1 aromatic heterocycles. The predicted molar refractivity (Wildman–Crippen MR) is 64.3 cm³/mol. The van der Waals surface area contributed by atoms with E-state index < -0.39 is 0 Å². The smallest absolute Gasteiger partial charge is 0.180 e. The third kappa shape index (κ3) is 1.83. The van der Waals surface area contributed by atoms with Crippen molar-refractivity contribution < 1.29 is 0 Å². The first-order valence-electron chi connectivity index (χ1n) is 4.74. The molecule has 0 aliphatic rings. The topological polar surface area (TPSA) is 70.5 Å². The zero-order valence-electron chi connectivity index (χ0n) is 8.47. The molecule has 0 saturated heterocycles. The molecule has 2 rings (SSSR count). The number of benzene rings is 1. The summed E-state index contributed by atoms with van der Waals surface area (Å²) in [6.45, 7) is 0.573. The monoisotopic (exact) mass is 230 g/mol. The van der Waals surface area contributed by atoms with E-state index in [-0.39, 0.29) is 0 Å². The van der Waals surface area contributed by atoms with E-state index in [1.54, 1.807) is 4.57 Å². The lowest BCUT2D eigenvalue weighted by Crippen LogP contribution is -2.04.